The fraction of sp³-hybridized carbons (Fsp3) is 0.462. The molecule has 0 atom stereocenters. The molecule has 1 rings (SSSR count). The summed E-state index contributed by atoms with van der Waals surface area (Å²) in [5.41, 5.74) is 0.593. The van der Waals surface area contributed by atoms with Crippen LogP contribution in [-0.2, 0) is 0 Å². The Bertz CT molecular complexity index is 338. The van der Waals surface area contributed by atoms with Crippen molar-refractivity contribution in [2.45, 2.75) is 25.7 Å². The molecule has 0 fully saturated rings. The van der Waals surface area contributed by atoms with E-state index in [-0.39, 0.29) is 11.7 Å². The molecule has 0 aromatic heterocycles. The first kappa shape index (κ1) is 14.3. The number of phenols is 1. The van der Waals surface area contributed by atoms with Crippen LogP contribution in [0.15, 0.2) is 24.3 Å². The third kappa shape index (κ3) is 5.91. The van der Waals surface area contributed by atoms with Gasteiger partial charge in [-0.2, -0.15) is 0 Å². The molecule has 17 heavy (non-hydrogen) atoms. The lowest BCUT2D eigenvalue weighted by Gasteiger charge is -2.05. The van der Waals surface area contributed by atoms with Gasteiger partial charge >= 0.3 is 0 Å². The van der Waals surface area contributed by atoms with Gasteiger partial charge in [-0.3, -0.25) is 4.79 Å². The lowest BCUT2D eigenvalue weighted by atomic mass is 10.2. The van der Waals surface area contributed by atoms with Gasteiger partial charge < -0.3 is 10.4 Å². The number of carbonyl (C=O) groups is 1. The lowest BCUT2D eigenvalue weighted by molar-refractivity contribution is 0.0953. The maximum atomic E-state index is 11.7. The predicted molar refractivity (Wildman–Crippen MR) is 77.8 cm³/mol. The highest BCUT2D eigenvalue weighted by Crippen LogP contribution is 2.09. The fourth-order valence-electron chi connectivity index (χ4n) is 1.49. The Kier molecular flexibility index (Phi) is 7.00. The zero-order valence-electron chi connectivity index (χ0n) is 9.79. The average molecular weight is 347 g/mol. The Morgan fingerprint density at radius 1 is 1.12 bits per heavy atom. The average Bonchev–Trinajstić information content (AvgIpc) is 2.34. The molecule has 1 aromatic carbocycles. The first-order valence-corrected chi connectivity index (χ1v) is 7.40. The van der Waals surface area contributed by atoms with E-state index in [4.69, 9.17) is 5.11 Å². The largest absolute Gasteiger partial charge is 0.508 e. The number of hydrogen-bond acceptors (Lipinski definition) is 2. The van der Waals surface area contributed by atoms with Crippen LogP contribution in [0.1, 0.15) is 36.0 Å². The molecule has 0 aliphatic heterocycles. The van der Waals surface area contributed by atoms with Crippen LogP contribution in [0.5, 0.6) is 5.75 Å². The van der Waals surface area contributed by atoms with Crippen molar-refractivity contribution in [1.82, 2.24) is 5.32 Å². The second kappa shape index (κ2) is 8.33. The zero-order chi connectivity index (χ0) is 12.5. The molecule has 0 aliphatic carbocycles. The normalized spacial score (nSPS) is 10.2. The summed E-state index contributed by atoms with van der Waals surface area (Å²) in [6, 6.07) is 6.30. The van der Waals surface area contributed by atoms with Crippen molar-refractivity contribution >= 4 is 28.5 Å². The fourth-order valence-corrected chi connectivity index (χ4v) is 2.03. The minimum absolute atomic E-state index is 0.0705. The quantitative estimate of drug-likeness (QED) is 0.452. The Morgan fingerprint density at radius 3 is 2.41 bits per heavy atom. The second-order valence-corrected chi connectivity index (χ2v) is 4.98. The number of phenolic OH excluding ortho intramolecular Hbond substituents is 1. The molecule has 0 aliphatic rings. The summed E-state index contributed by atoms with van der Waals surface area (Å²) in [4.78, 5) is 11.7. The summed E-state index contributed by atoms with van der Waals surface area (Å²) in [5, 5.41) is 12.0. The van der Waals surface area contributed by atoms with E-state index < -0.39 is 0 Å². The SMILES string of the molecule is O=C(NCCCCCCI)c1ccc(O)cc1. The van der Waals surface area contributed by atoms with Crippen molar-refractivity contribution < 1.29 is 9.90 Å². The monoisotopic (exact) mass is 347 g/mol. The number of unbranched alkanes of at least 4 members (excludes halogenated alkanes) is 3. The predicted octanol–water partition coefficient (Wildman–Crippen LogP) is 3.12. The van der Waals surface area contributed by atoms with Gasteiger partial charge in [0.15, 0.2) is 0 Å². The van der Waals surface area contributed by atoms with E-state index in [1.54, 1.807) is 12.1 Å². The van der Waals surface area contributed by atoms with Crippen molar-refractivity contribution in [3.05, 3.63) is 29.8 Å². The second-order valence-electron chi connectivity index (χ2n) is 3.91. The molecular weight excluding hydrogens is 329 g/mol. The van der Waals surface area contributed by atoms with Gasteiger partial charge in [-0.1, -0.05) is 35.4 Å². The van der Waals surface area contributed by atoms with Crippen molar-refractivity contribution in [1.29, 1.82) is 0 Å². The smallest absolute Gasteiger partial charge is 0.251 e. The van der Waals surface area contributed by atoms with Gasteiger partial charge in [-0.05, 0) is 41.5 Å². The number of aromatic hydroxyl groups is 1. The molecule has 0 radical (unpaired) electrons. The minimum Gasteiger partial charge on any atom is -0.508 e. The van der Waals surface area contributed by atoms with Crippen molar-refractivity contribution in [2.75, 3.05) is 11.0 Å². The lowest BCUT2D eigenvalue weighted by Crippen LogP contribution is -2.24. The van der Waals surface area contributed by atoms with Crippen LogP contribution in [0.4, 0.5) is 0 Å². The summed E-state index contributed by atoms with van der Waals surface area (Å²) < 4.78 is 1.21. The number of halogens is 1. The van der Waals surface area contributed by atoms with Gasteiger partial charge in [0, 0.05) is 12.1 Å². The van der Waals surface area contributed by atoms with Crippen LogP contribution < -0.4 is 5.32 Å². The number of rotatable bonds is 7. The Balaban J connectivity index is 2.19. The number of hydrogen-bond donors (Lipinski definition) is 2. The molecule has 2 N–H and O–H groups in total. The Labute approximate surface area is 116 Å². The third-order valence-electron chi connectivity index (χ3n) is 2.48. The van der Waals surface area contributed by atoms with Crippen molar-refractivity contribution in [2.24, 2.45) is 0 Å². The highest BCUT2D eigenvalue weighted by molar-refractivity contribution is 14.1. The number of amides is 1. The van der Waals surface area contributed by atoms with E-state index in [0.717, 1.165) is 13.0 Å². The molecule has 0 saturated carbocycles. The highest BCUT2D eigenvalue weighted by Gasteiger charge is 2.03. The van der Waals surface area contributed by atoms with Gasteiger partial charge in [-0.25, -0.2) is 0 Å². The summed E-state index contributed by atoms with van der Waals surface area (Å²) in [7, 11) is 0. The number of alkyl halides is 1. The zero-order valence-corrected chi connectivity index (χ0v) is 11.9. The molecule has 0 saturated heterocycles. The molecule has 0 heterocycles. The van der Waals surface area contributed by atoms with Gasteiger partial charge in [0.1, 0.15) is 5.75 Å². The van der Waals surface area contributed by atoms with Crippen molar-refractivity contribution in [3.8, 4) is 5.75 Å². The molecular formula is C13H18INO2. The molecule has 4 heteroatoms. The maximum absolute atomic E-state index is 11.7. The van der Waals surface area contributed by atoms with E-state index in [0.29, 0.717) is 5.56 Å². The van der Waals surface area contributed by atoms with Gasteiger partial charge in [0.25, 0.3) is 5.91 Å². The van der Waals surface area contributed by atoms with Crippen LogP contribution in [-0.4, -0.2) is 22.0 Å². The Hall–Kier alpha value is -0.780. The van der Waals surface area contributed by atoms with Gasteiger partial charge in [0.05, 0.1) is 0 Å². The maximum Gasteiger partial charge on any atom is 0.251 e. The van der Waals surface area contributed by atoms with E-state index in [1.807, 2.05) is 0 Å². The summed E-state index contributed by atoms with van der Waals surface area (Å²) in [6.07, 6.45) is 4.68. The minimum atomic E-state index is -0.0705. The van der Waals surface area contributed by atoms with Crippen LogP contribution in [0.25, 0.3) is 0 Å². The van der Waals surface area contributed by atoms with Crippen LogP contribution in [0.2, 0.25) is 0 Å². The van der Waals surface area contributed by atoms with E-state index in [9.17, 15) is 4.79 Å². The van der Waals surface area contributed by atoms with Crippen LogP contribution in [0.3, 0.4) is 0 Å². The number of carbonyl (C=O) groups excluding carboxylic acids is 1. The molecule has 0 spiro atoms. The first-order chi connectivity index (χ1) is 8.24. The molecule has 94 valence electrons. The summed E-state index contributed by atoms with van der Waals surface area (Å²) in [5.74, 6) is 0.110. The standard InChI is InChI=1S/C13H18INO2/c14-9-3-1-2-4-10-15-13(17)11-5-7-12(16)8-6-11/h5-8,16H,1-4,9-10H2,(H,15,17). The number of benzene rings is 1. The molecule has 0 bridgehead atoms. The first-order valence-electron chi connectivity index (χ1n) is 5.87. The third-order valence-corrected chi connectivity index (χ3v) is 3.24. The Morgan fingerprint density at radius 2 is 1.76 bits per heavy atom. The highest BCUT2D eigenvalue weighted by atomic mass is 127. The van der Waals surface area contributed by atoms with E-state index >= 15 is 0 Å². The molecule has 1 amide bonds. The van der Waals surface area contributed by atoms with Crippen LogP contribution >= 0.6 is 22.6 Å². The van der Waals surface area contributed by atoms with Crippen molar-refractivity contribution in [3.63, 3.8) is 0 Å². The van der Waals surface area contributed by atoms with E-state index in [2.05, 4.69) is 27.9 Å². The molecule has 3 nitrogen and oxygen atoms in total. The van der Waals surface area contributed by atoms with E-state index in [1.165, 1.54) is 35.8 Å². The van der Waals surface area contributed by atoms with Gasteiger partial charge in [0.2, 0.25) is 0 Å². The van der Waals surface area contributed by atoms with Crippen LogP contribution in [0, 0.1) is 0 Å². The van der Waals surface area contributed by atoms with Gasteiger partial charge in [-0.15, -0.1) is 0 Å². The topological polar surface area (TPSA) is 49.3 Å². The summed E-state index contributed by atoms with van der Waals surface area (Å²) >= 11 is 2.38. The number of nitrogens with one attached hydrogen (secondary N) is 1. The molecule has 1 aromatic rings. The molecule has 0 unspecified atom stereocenters. The summed E-state index contributed by atoms with van der Waals surface area (Å²) in [6.45, 7) is 0.723.